The molecule has 2 atom stereocenters. The molecule has 0 bridgehead atoms. The molecule has 172 valence electrons. The van der Waals surface area contributed by atoms with E-state index in [9.17, 15) is 30.4 Å². The summed E-state index contributed by atoms with van der Waals surface area (Å²) < 4.78 is 5.39. The molecular weight excluding hydrogens is 438 g/mol. The number of nitrogens with one attached hydrogen (secondary N) is 1. The molecule has 2 unspecified atom stereocenters. The number of aliphatic hydroxyl groups excluding tert-OH is 2. The van der Waals surface area contributed by atoms with Crippen molar-refractivity contribution in [1.82, 2.24) is 5.32 Å². The van der Waals surface area contributed by atoms with Crippen LogP contribution in [0.15, 0.2) is 66.7 Å². The second-order valence-electron chi connectivity index (χ2n) is 7.86. The van der Waals surface area contributed by atoms with Crippen LogP contribution >= 0.6 is 0 Å². The third kappa shape index (κ3) is 4.45. The van der Waals surface area contributed by atoms with Crippen LogP contribution < -0.4 is 5.32 Å². The van der Waals surface area contributed by atoms with Crippen molar-refractivity contribution in [2.75, 3.05) is 13.2 Å². The van der Waals surface area contributed by atoms with Crippen molar-refractivity contribution in [2.24, 2.45) is 0 Å². The number of nitriles is 1. The third-order valence-electron chi connectivity index (χ3n) is 5.85. The average Bonchev–Trinajstić information content (AvgIpc) is 3.18. The number of nitro groups is 1. The quantitative estimate of drug-likeness (QED) is 0.362. The molecule has 1 aliphatic carbocycles. The summed E-state index contributed by atoms with van der Waals surface area (Å²) in [6.45, 7) is -0.251. The van der Waals surface area contributed by atoms with Crippen molar-refractivity contribution < 1.29 is 24.7 Å². The number of ether oxygens (including phenoxy) is 1. The summed E-state index contributed by atoms with van der Waals surface area (Å²) >= 11 is 0. The topological polar surface area (TPSA) is 146 Å². The highest BCUT2D eigenvalue weighted by Crippen LogP contribution is 2.44. The molecular formula is C25H21N3O6. The van der Waals surface area contributed by atoms with E-state index < -0.39 is 23.2 Å². The van der Waals surface area contributed by atoms with E-state index >= 15 is 0 Å². The summed E-state index contributed by atoms with van der Waals surface area (Å²) in [5.41, 5.74) is 3.91. The van der Waals surface area contributed by atoms with Crippen LogP contribution in [0, 0.1) is 21.4 Å². The van der Waals surface area contributed by atoms with Crippen molar-refractivity contribution in [3.05, 3.63) is 99.1 Å². The first-order valence-corrected chi connectivity index (χ1v) is 10.5. The summed E-state index contributed by atoms with van der Waals surface area (Å²) in [6.07, 6.45) is -3.77. The van der Waals surface area contributed by atoms with E-state index in [4.69, 9.17) is 4.74 Å². The van der Waals surface area contributed by atoms with Crippen LogP contribution in [0.2, 0.25) is 0 Å². The number of non-ortho nitro benzene ring substituents is 1. The van der Waals surface area contributed by atoms with Crippen LogP contribution in [-0.2, 0) is 4.74 Å². The van der Waals surface area contributed by atoms with Gasteiger partial charge in [0.15, 0.2) is 0 Å². The number of aliphatic hydroxyl groups is 2. The lowest BCUT2D eigenvalue weighted by atomic mass is 9.98. The summed E-state index contributed by atoms with van der Waals surface area (Å²) in [6, 6.07) is 21.0. The number of rotatable bonds is 7. The van der Waals surface area contributed by atoms with Gasteiger partial charge in [-0.3, -0.25) is 10.1 Å². The SMILES string of the molecule is N#Cc1cc([N+](=O)[O-])ccc1C(O)C(O)CNC(=O)OCC1c2ccccc2-c2ccccc21. The number of hydrogen-bond acceptors (Lipinski definition) is 7. The molecule has 9 heteroatoms. The highest BCUT2D eigenvalue weighted by Gasteiger charge is 2.29. The number of nitro benzene ring substituents is 1. The number of benzene rings is 3. The van der Waals surface area contributed by atoms with E-state index in [-0.39, 0.29) is 35.9 Å². The zero-order chi connectivity index (χ0) is 24.2. The molecule has 34 heavy (non-hydrogen) atoms. The Balaban J connectivity index is 1.36. The fourth-order valence-electron chi connectivity index (χ4n) is 4.17. The van der Waals surface area contributed by atoms with E-state index in [1.807, 2.05) is 48.5 Å². The normalized spacial score (nSPS) is 13.8. The second-order valence-corrected chi connectivity index (χ2v) is 7.86. The molecule has 0 radical (unpaired) electrons. The number of alkyl carbamates (subject to hydrolysis) is 1. The molecule has 1 amide bonds. The van der Waals surface area contributed by atoms with Gasteiger partial charge >= 0.3 is 6.09 Å². The highest BCUT2D eigenvalue weighted by molar-refractivity contribution is 5.79. The number of carbonyl (C=O) groups is 1. The maximum Gasteiger partial charge on any atom is 0.407 e. The van der Waals surface area contributed by atoms with Gasteiger partial charge in [0, 0.05) is 30.2 Å². The molecule has 1 aliphatic rings. The van der Waals surface area contributed by atoms with E-state index in [1.165, 1.54) is 6.07 Å². The van der Waals surface area contributed by atoms with Gasteiger partial charge in [-0.1, -0.05) is 48.5 Å². The van der Waals surface area contributed by atoms with Crippen molar-refractivity contribution in [3.63, 3.8) is 0 Å². The van der Waals surface area contributed by atoms with Gasteiger partial charge < -0.3 is 20.3 Å². The number of amides is 1. The van der Waals surface area contributed by atoms with Crippen LogP contribution in [0.5, 0.6) is 0 Å². The van der Waals surface area contributed by atoms with Crippen molar-refractivity contribution >= 4 is 11.8 Å². The molecule has 0 aromatic heterocycles. The molecule has 0 fully saturated rings. The molecule has 4 rings (SSSR count). The number of nitrogens with zero attached hydrogens (tertiary/aromatic N) is 2. The minimum atomic E-state index is -1.54. The van der Waals surface area contributed by atoms with Gasteiger partial charge in [0.1, 0.15) is 18.8 Å². The van der Waals surface area contributed by atoms with Gasteiger partial charge in [-0.15, -0.1) is 0 Å². The van der Waals surface area contributed by atoms with Gasteiger partial charge in [-0.25, -0.2) is 4.79 Å². The Morgan fingerprint density at radius 3 is 2.29 bits per heavy atom. The first-order chi connectivity index (χ1) is 16.4. The van der Waals surface area contributed by atoms with Gasteiger partial charge in [0.05, 0.1) is 16.6 Å². The highest BCUT2D eigenvalue weighted by atomic mass is 16.6. The summed E-state index contributed by atoms with van der Waals surface area (Å²) in [4.78, 5) is 22.5. The molecule has 0 saturated heterocycles. The van der Waals surface area contributed by atoms with Crippen molar-refractivity contribution in [2.45, 2.75) is 18.1 Å². The Morgan fingerprint density at radius 2 is 1.71 bits per heavy atom. The molecule has 0 heterocycles. The Morgan fingerprint density at radius 1 is 1.09 bits per heavy atom. The monoisotopic (exact) mass is 459 g/mol. The first kappa shape index (κ1) is 22.9. The maximum absolute atomic E-state index is 12.3. The van der Waals surface area contributed by atoms with E-state index in [0.29, 0.717) is 0 Å². The number of hydrogen-bond donors (Lipinski definition) is 3. The van der Waals surface area contributed by atoms with Crippen LogP contribution in [-0.4, -0.2) is 40.5 Å². The summed E-state index contributed by atoms with van der Waals surface area (Å²) in [7, 11) is 0. The lowest BCUT2D eigenvalue weighted by Gasteiger charge is -2.20. The number of carbonyl (C=O) groups excluding carboxylic acids is 1. The maximum atomic E-state index is 12.3. The lowest BCUT2D eigenvalue weighted by Crippen LogP contribution is -2.36. The third-order valence-corrected chi connectivity index (χ3v) is 5.85. The smallest absolute Gasteiger partial charge is 0.407 e. The van der Waals surface area contributed by atoms with Crippen LogP contribution in [0.1, 0.15) is 34.3 Å². The minimum Gasteiger partial charge on any atom is -0.449 e. The average molecular weight is 459 g/mol. The standard InChI is InChI=1S/C25H21N3O6/c26-12-15-11-16(28(32)33)9-10-17(15)24(30)23(29)13-27-25(31)34-14-22-20-7-3-1-5-18(20)19-6-2-4-8-21(19)22/h1-11,22-24,29-30H,13-14H2,(H,27,31). The summed E-state index contributed by atoms with van der Waals surface area (Å²) in [5, 5.41) is 43.2. The zero-order valence-corrected chi connectivity index (χ0v) is 17.9. The van der Waals surface area contributed by atoms with Gasteiger partial charge in [0.2, 0.25) is 0 Å². The largest absolute Gasteiger partial charge is 0.449 e. The zero-order valence-electron chi connectivity index (χ0n) is 17.9. The van der Waals surface area contributed by atoms with E-state index in [2.05, 4.69) is 5.32 Å². The lowest BCUT2D eigenvalue weighted by molar-refractivity contribution is -0.384. The van der Waals surface area contributed by atoms with Crippen LogP contribution in [0.4, 0.5) is 10.5 Å². The molecule has 3 N–H and O–H groups in total. The second kappa shape index (κ2) is 9.70. The minimum absolute atomic E-state index is 0.0231. The van der Waals surface area contributed by atoms with E-state index in [0.717, 1.165) is 34.4 Å². The predicted octanol–water partition coefficient (Wildman–Crippen LogP) is 3.40. The Kier molecular flexibility index (Phi) is 6.54. The molecule has 0 aliphatic heterocycles. The molecule has 0 spiro atoms. The molecule has 9 nitrogen and oxygen atoms in total. The molecule has 0 saturated carbocycles. The predicted molar refractivity (Wildman–Crippen MR) is 122 cm³/mol. The Bertz CT molecular complexity index is 1240. The molecule has 3 aromatic carbocycles. The van der Waals surface area contributed by atoms with Crippen molar-refractivity contribution in [3.8, 4) is 17.2 Å². The first-order valence-electron chi connectivity index (χ1n) is 10.5. The van der Waals surface area contributed by atoms with Crippen molar-refractivity contribution in [1.29, 1.82) is 5.26 Å². The van der Waals surface area contributed by atoms with Gasteiger partial charge in [-0.2, -0.15) is 5.26 Å². The van der Waals surface area contributed by atoms with E-state index in [1.54, 1.807) is 6.07 Å². The molecule has 3 aromatic rings. The van der Waals surface area contributed by atoms with Gasteiger partial charge in [0.25, 0.3) is 5.69 Å². The Hall–Kier alpha value is -4.26. The fraction of sp³-hybridized carbons (Fsp3) is 0.200. The van der Waals surface area contributed by atoms with Crippen LogP contribution in [0.3, 0.4) is 0 Å². The fourth-order valence-corrected chi connectivity index (χ4v) is 4.17. The van der Waals surface area contributed by atoms with Crippen LogP contribution in [0.25, 0.3) is 11.1 Å². The summed E-state index contributed by atoms with van der Waals surface area (Å²) in [5.74, 6) is -0.119. The Labute approximate surface area is 195 Å². The van der Waals surface area contributed by atoms with Gasteiger partial charge in [-0.05, 0) is 28.3 Å². The number of fused-ring (bicyclic) bond motifs is 3.